The Morgan fingerprint density at radius 1 is 1.75 bits per heavy atom. The summed E-state index contributed by atoms with van der Waals surface area (Å²) in [6.07, 6.45) is 1.76. The number of aldehydes is 1. The van der Waals surface area contributed by atoms with Gasteiger partial charge in [0.25, 0.3) is 5.95 Å². The number of nitrogens with zero attached hydrogens (tertiary/aromatic N) is 1. The summed E-state index contributed by atoms with van der Waals surface area (Å²) in [5, 5.41) is 0. The van der Waals surface area contributed by atoms with Gasteiger partial charge in [0, 0.05) is 6.20 Å². The largest absolute Gasteiger partial charge is 0.488 e. The normalized spacial score (nSPS) is 9.50. The minimum Gasteiger partial charge on any atom is -0.488 e. The van der Waals surface area contributed by atoms with E-state index in [4.69, 9.17) is 4.74 Å². The molecule has 0 aliphatic carbocycles. The van der Waals surface area contributed by atoms with Gasteiger partial charge in [0.2, 0.25) is 0 Å². The van der Waals surface area contributed by atoms with E-state index in [9.17, 15) is 9.18 Å². The summed E-state index contributed by atoms with van der Waals surface area (Å²) in [7, 11) is 0. The Balaban J connectivity index is 3.10. The number of halogens is 1. The van der Waals surface area contributed by atoms with E-state index in [0.29, 0.717) is 12.9 Å². The molecular formula is C8H8FNO2. The maximum absolute atomic E-state index is 12.8. The second kappa shape index (κ2) is 3.80. The lowest BCUT2D eigenvalue weighted by molar-refractivity contribution is 0.111. The second-order valence-electron chi connectivity index (χ2n) is 2.07. The number of hydrogen-bond acceptors (Lipinski definition) is 3. The summed E-state index contributed by atoms with van der Waals surface area (Å²) < 4.78 is 17.7. The maximum Gasteiger partial charge on any atom is 0.255 e. The van der Waals surface area contributed by atoms with Crippen LogP contribution in [0.25, 0.3) is 0 Å². The molecule has 4 heteroatoms. The molecular weight excluding hydrogens is 161 g/mol. The molecule has 12 heavy (non-hydrogen) atoms. The van der Waals surface area contributed by atoms with Crippen LogP contribution in [-0.4, -0.2) is 17.9 Å². The van der Waals surface area contributed by atoms with E-state index < -0.39 is 5.95 Å². The van der Waals surface area contributed by atoms with E-state index in [0.717, 1.165) is 0 Å². The van der Waals surface area contributed by atoms with Gasteiger partial charge < -0.3 is 4.74 Å². The highest BCUT2D eigenvalue weighted by atomic mass is 19.1. The van der Waals surface area contributed by atoms with Gasteiger partial charge in [0.15, 0.2) is 12.0 Å². The Labute approximate surface area is 69.2 Å². The average molecular weight is 169 g/mol. The molecule has 1 aromatic heterocycles. The number of hydrogen-bond donors (Lipinski definition) is 0. The van der Waals surface area contributed by atoms with Gasteiger partial charge in [-0.05, 0) is 13.0 Å². The molecule has 0 bridgehead atoms. The topological polar surface area (TPSA) is 39.2 Å². The molecule has 0 N–H and O–H groups in total. The standard InChI is InChI=1S/C8H8FNO2/c1-2-12-7-6(5-11)3-4-10-8(7)9/h3-5H,2H2,1H3. The summed E-state index contributed by atoms with van der Waals surface area (Å²) in [5.41, 5.74) is 0.185. The van der Waals surface area contributed by atoms with Gasteiger partial charge in [-0.2, -0.15) is 4.39 Å². The Bertz CT molecular complexity index is 288. The van der Waals surface area contributed by atoms with Crippen LogP contribution in [0, 0.1) is 5.95 Å². The first kappa shape index (κ1) is 8.64. The van der Waals surface area contributed by atoms with E-state index in [1.165, 1.54) is 12.3 Å². The van der Waals surface area contributed by atoms with Crippen LogP contribution < -0.4 is 4.74 Å². The number of carbonyl (C=O) groups excluding carboxylic acids is 1. The molecule has 0 aliphatic rings. The van der Waals surface area contributed by atoms with Crippen LogP contribution in [0.1, 0.15) is 17.3 Å². The van der Waals surface area contributed by atoms with Gasteiger partial charge in [-0.1, -0.05) is 0 Å². The first-order chi connectivity index (χ1) is 5.79. The fourth-order valence-electron chi connectivity index (χ4n) is 0.816. The van der Waals surface area contributed by atoms with Crippen LogP contribution in [-0.2, 0) is 0 Å². The first-order valence-corrected chi connectivity index (χ1v) is 3.52. The molecule has 0 atom stereocenters. The van der Waals surface area contributed by atoms with Crippen molar-refractivity contribution in [2.24, 2.45) is 0 Å². The zero-order valence-corrected chi connectivity index (χ0v) is 6.58. The second-order valence-corrected chi connectivity index (χ2v) is 2.07. The molecule has 0 spiro atoms. The van der Waals surface area contributed by atoms with Crippen molar-refractivity contribution in [3.8, 4) is 5.75 Å². The highest BCUT2D eigenvalue weighted by molar-refractivity contribution is 5.78. The Morgan fingerprint density at radius 2 is 2.50 bits per heavy atom. The number of aromatic nitrogens is 1. The molecule has 0 aliphatic heterocycles. The monoisotopic (exact) mass is 169 g/mol. The predicted octanol–water partition coefficient (Wildman–Crippen LogP) is 1.43. The van der Waals surface area contributed by atoms with E-state index in [1.807, 2.05) is 0 Å². The van der Waals surface area contributed by atoms with E-state index in [-0.39, 0.29) is 11.3 Å². The van der Waals surface area contributed by atoms with Crippen LogP contribution in [0.5, 0.6) is 5.75 Å². The van der Waals surface area contributed by atoms with E-state index >= 15 is 0 Å². The lowest BCUT2D eigenvalue weighted by atomic mass is 10.3. The molecule has 0 unspecified atom stereocenters. The average Bonchev–Trinajstić information content (AvgIpc) is 2.09. The fraction of sp³-hybridized carbons (Fsp3) is 0.250. The number of carbonyl (C=O) groups is 1. The molecule has 0 saturated carbocycles. The van der Waals surface area contributed by atoms with Crippen LogP contribution in [0.15, 0.2) is 12.3 Å². The Morgan fingerprint density at radius 3 is 3.08 bits per heavy atom. The maximum atomic E-state index is 12.8. The van der Waals surface area contributed by atoms with Gasteiger partial charge >= 0.3 is 0 Å². The van der Waals surface area contributed by atoms with Crippen LogP contribution in [0.3, 0.4) is 0 Å². The third-order valence-electron chi connectivity index (χ3n) is 1.31. The van der Waals surface area contributed by atoms with Gasteiger partial charge in [0.05, 0.1) is 12.2 Å². The molecule has 0 saturated heterocycles. The van der Waals surface area contributed by atoms with Crippen LogP contribution >= 0.6 is 0 Å². The van der Waals surface area contributed by atoms with Crippen molar-refractivity contribution < 1.29 is 13.9 Å². The predicted molar refractivity (Wildman–Crippen MR) is 40.8 cm³/mol. The van der Waals surface area contributed by atoms with Crippen molar-refractivity contribution >= 4 is 6.29 Å². The molecule has 0 aromatic carbocycles. The lowest BCUT2D eigenvalue weighted by Gasteiger charge is -2.04. The fourth-order valence-corrected chi connectivity index (χ4v) is 0.816. The molecule has 3 nitrogen and oxygen atoms in total. The minimum absolute atomic E-state index is 0.0741. The number of rotatable bonds is 3. The SMILES string of the molecule is CCOc1c(C=O)ccnc1F. The number of ether oxygens (including phenoxy) is 1. The van der Waals surface area contributed by atoms with Crippen LogP contribution in [0.2, 0.25) is 0 Å². The smallest absolute Gasteiger partial charge is 0.255 e. The highest BCUT2D eigenvalue weighted by Gasteiger charge is 2.08. The van der Waals surface area contributed by atoms with Crippen molar-refractivity contribution in [2.45, 2.75) is 6.92 Å². The molecule has 64 valence electrons. The third-order valence-corrected chi connectivity index (χ3v) is 1.31. The van der Waals surface area contributed by atoms with Gasteiger partial charge in [-0.25, -0.2) is 4.98 Å². The lowest BCUT2D eigenvalue weighted by Crippen LogP contribution is -2.00. The minimum atomic E-state index is -0.749. The van der Waals surface area contributed by atoms with Gasteiger partial charge in [0.1, 0.15) is 0 Å². The van der Waals surface area contributed by atoms with Crippen molar-refractivity contribution in [1.29, 1.82) is 0 Å². The summed E-state index contributed by atoms with van der Waals surface area (Å²) in [6.45, 7) is 2.02. The molecule has 1 aromatic rings. The first-order valence-electron chi connectivity index (χ1n) is 3.52. The van der Waals surface area contributed by atoms with Crippen molar-refractivity contribution in [3.05, 3.63) is 23.8 Å². The molecule has 1 heterocycles. The van der Waals surface area contributed by atoms with Gasteiger partial charge in [-0.3, -0.25) is 4.79 Å². The summed E-state index contributed by atoms with van der Waals surface area (Å²) >= 11 is 0. The summed E-state index contributed by atoms with van der Waals surface area (Å²) in [5.74, 6) is -0.823. The van der Waals surface area contributed by atoms with E-state index in [1.54, 1.807) is 6.92 Å². The van der Waals surface area contributed by atoms with Crippen LogP contribution in [0.4, 0.5) is 4.39 Å². The van der Waals surface area contributed by atoms with Gasteiger partial charge in [-0.15, -0.1) is 0 Å². The zero-order valence-electron chi connectivity index (χ0n) is 6.58. The number of pyridine rings is 1. The molecule has 1 rings (SSSR count). The highest BCUT2D eigenvalue weighted by Crippen LogP contribution is 2.18. The third kappa shape index (κ3) is 1.58. The van der Waals surface area contributed by atoms with E-state index in [2.05, 4.69) is 4.98 Å². The zero-order chi connectivity index (χ0) is 8.97. The summed E-state index contributed by atoms with van der Waals surface area (Å²) in [4.78, 5) is 13.7. The van der Waals surface area contributed by atoms with Crippen molar-refractivity contribution in [1.82, 2.24) is 4.98 Å². The molecule has 0 amide bonds. The quantitative estimate of drug-likeness (QED) is 0.507. The molecule has 0 fully saturated rings. The summed E-state index contributed by atoms with van der Waals surface area (Å²) in [6, 6.07) is 1.40. The Hall–Kier alpha value is -1.45. The van der Waals surface area contributed by atoms with Crippen molar-refractivity contribution in [2.75, 3.05) is 6.61 Å². The molecule has 0 radical (unpaired) electrons. The van der Waals surface area contributed by atoms with Crippen molar-refractivity contribution in [3.63, 3.8) is 0 Å². The Kier molecular flexibility index (Phi) is 2.74.